The van der Waals surface area contributed by atoms with Crippen LogP contribution >= 0.6 is 0 Å². The number of nitriles is 1. The van der Waals surface area contributed by atoms with Gasteiger partial charge in [0, 0.05) is 38.6 Å². The molecule has 1 saturated heterocycles. The molecule has 1 fully saturated rings. The molecule has 0 radical (unpaired) electrons. The summed E-state index contributed by atoms with van der Waals surface area (Å²) in [6, 6.07) is 9.70. The van der Waals surface area contributed by atoms with Crippen molar-refractivity contribution in [3.63, 3.8) is 0 Å². The molecule has 0 aromatic carbocycles. The van der Waals surface area contributed by atoms with Gasteiger partial charge in [-0.2, -0.15) is 5.26 Å². The van der Waals surface area contributed by atoms with Crippen molar-refractivity contribution in [2.45, 2.75) is 19.4 Å². The van der Waals surface area contributed by atoms with E-state index in [0.717, 1.165) is 43.1 Å². The van der Waals surface area contributed by atoms with Crippen molar-refractivity contribution in [3.05, 3.63) is 47.8 Å². The van der Waals surface area contributed by atoms with Crippen LogP contribution in [0.25, 0.3) is 0 Å². The lowest BCUT2D eigenvalue weighted by molar-refractivity contribution is 0.203. The van der Waals surface area contributed by atoms with Gasteiger partial charge in [0.1, 0.15) is 17.7 Å². The van der Waals surface area contributed by atoms with E-state index in [1.165, 1.54) is 0 Å². The highest BCUT2D eigenvalue weighted by molar-refractivity contribution is 5.42. The average Bonchev–Trinajstić information content (AvgIpc) is 2.67. The molecule has 0 unspecified atom stereocenters. The molecular weight excluding hydrogens is 302 g/mol. The van der Waals surface area contributed by atoms with E-state index in [2.05, 4.69) is 32.3 Å². The van der Waals surface area contributed by atoms with Crippen LogP contribution in [-0.2, 0) is 6.54 Å². The second kappa shape index (κ2) is 7.75. The van der Waals surface area contributed by atoms with Crippen molar-refractivity contribution in [2.75, 3.05) is 29.9 Å². The molecule has 0 atom stereocenters. The van der Waals surface area contributed by atoms with Crippen LogP contribution in [0.1, 0.15) is 24.0 Å². The Morgan fingerprint density at radius 2 is 2.00 bits per heavy atom. The summed E-state index contributed by atoms with van der Waals surface area (Å²) in [5.74, 6) is 2.17. The first kappa shape index (κ1) is 16.2. The topological polar surface area (TPSA) is 85.1 Å². The number of hydrogen-bond acceptors (Lipinski definition) is 6. The van der Waals surface area contributed by atoms with Crippen LogP contribution in [0.5, 0.6) is 0 Å². The third-order valence-electron chi connectivity index (χ3n) is 4.37. The molecule has 6 nitrogen and oxygen atoms in total. The van der Waals surface area contributed by atoms with Gasteiger partial charge in [0.25, 0.3) is 0 Å². The van der Waals surface area contributed by atoms with Gasteiger partial charge in [-0.15, -0.1) is 0 Å². The van der Waals surface area contributed by atoms with Gasteiger partial charge in [-0.1, -0.05) is 6.07 Å². The van der Waals surface area contributed by atoms with E-state index >= 15 is 0 Å². The quantitative estimate of drug-likeness (QED) is 0.877. The summed E-state index contributed by atoms with van der Waals surface area (Å²) >= 11 is 0. The maximum absolute atomic E-state index is 9.20. The minimum absolute atomic E-state index is 0.287. The summed E-state index contributed by atoms with van der Waals surface area (Å²) in [7, 11) is 0. The third kappa shape index (κ3) is 4.00. The fourth-order valence-corrected chi connectivity index (χ4v) is 2.81. The molecule has 0 spiro atoms. The number of aliphatic hydroxyl groups is 1. The molecule has 24 heavy (non-hydrogen) atoms. The van der Waals surface area contributed by atoms with E-state index in [1.54, 1.807) is 18.3 Å². The zero-order valence-corrected chi connectivity index (χ0v) is 13.5. The fourth-order valence-electron chi connectivity index (χ4n) is 2.81. The molecule has 2 aromatic heterocycles. The van der Waals surface area contributed by atoms with E-state index in [4.69, 9.17) is 5.26 Å². The number of hydrogen-bond donors (Lipinski definition) is 2. The Kier molecular flexibility index (Phi) is 5.24. The number of pyridine rings is 2. The number of aromatic nitrogens is 2. The fraction of sp³-hybridized carbons (Fsp3) is 0.389. The lowest BCUT2D eigenvalue weighted by Gasteiger charge is -2.32. The van der Waals surface area contributed by atoms with E-state index in [1.807, 2.05) is 12.3 Å². The van der Waals surface area contributed by atoms with E-state index in [9.17, 15) is 5.11 Å². The molecule has 2 N–H and O–H groups in total. The number of piperidine rings is 1. The highest BCUT2D eigenvalue weighted by Crippen LogP contribution is 2.21. The third-order valence-corrected chi connectivity index (χ3v) is 4.37. The highest BCUT2D eigenvalue weighted by Gasteiger charge is 2.19. The Balaban J connectivity index is 1.53. The Morgan fingerprint density at radius 3 is 2.58 bits per heavy atom. The van der Waals surface area contributed by atoms with Crippen molar-refractivity contribution in [2.24, 2.45) is 5.92 Å². The molecule has 3 rings (SSSR count). The first-order valence-electron chi connectivity index (χ1n) is 8.19. The summed E-state index contributed by atoms with van der Waals surface area (Å²) in [5, 5.41) is 21.2. The van der Waals surface area contributed by atoms with Gasteiger partial charge in [-0.05, 0) is 42.5 Å². The first-order valence-corrected chi connectivity index (χ1v) is 8.19. The number of aliphatic hydroxyl groups excluding tert-OH is 1. The lowest BCUT2D eigenvalue weighted by Crippen LogP contribution is -2.35. The van der Waals surface area contributed by atoms with Gasteiger partial charge in [-0.3, -0.25) is 0 Å². The Bertz CT molecular complexity index is 685. The van der Waals surface area contributed by atoms with E-state index in [0.29, 0.717) is 18.0 Å². The lowest BCUT2D eigenvalue weighted by atomic mass is 9.98. The molecule has 6 heteroatoms. The smallest absolute Gasteiger partial charge is 0.128 e. The minimum atomic E-state index is 0.287. The van der Waals surface area contributed by atoms with Gasteiger partial charge in [0.15, 0.2) is 0 Å². The van der Waals surface area contributed by atoms with Crippen molar-refractivity contribution in [1.82, 2.24) is 9.97 Å². The molecule has 3 heterocycles. The van der Waals surface area contributed by atoms with Crippen LogP contribution in [0.15, 0.2) is 36.7 Å². The molecule has 1 aliphatic heterocycles. The molecule has 124 valence electrons. The molecule has 0 amide bonds. The first-order chi connectivity index (χ1) is 11.8. The Hall–Kier alpha value is -2.65. The summed E-state index contributed by atoms with van der Waals surface area (Å²) in [5.41, 5.74) is 1.63. The van der Waals surface area contributed by atoms with Crippen LogP contribution < -0.4 is 10.2 Å². The van der Waals surface area contributed by atoms with E-state index in [-0.39, 0.29) is 6.61 Å². The maximum Gasteiger partial charge on any atom is 0.128 e. The van der Waals surface area contributed by atoms with Gasteiger partial charge in [0.05, 0.1) is 5.56 Å². The number of nitrogens with one attached hydrogen (secondary N) is 1. The second-order valence-corrected chi connectivity index (χ2v) is 6.04. The summed E-state index contributed by atoms with van der Waals surface area (Å²) in [4.78, 5) is 11.0. The monoisotopic (exact) mass is 323 g/mol. The molecule has 0 saturated carbocycles. The van der Waals surface area contributed by atoms with Crippen molar-refractivity contribution in [3.8, 4) is 6.07 Å². The van der Waals surface area contributed by atoms with Crippen LogP contribution in [0.4, 0.5) is 11.6 Å². The highest BCUT2D eigenvalue weighted by atomic mass is 16.3. The van der Waals surface area contributed by atoms with Crippen molar-refractivity contribution < 1.29 is 5.11 Å². The van der Waals surface area contributed by atoms with Gasteiger partial charge < -0.3 is 15.3 Å². The summed E-state index contributed by atoms with van der Waals surface area (Å²) in [6.07, 6.45) is 5.47. The van der Waals surface area contributed by atoms with Gasteiger partial charge >= 0.3 is 0 Å². The van der Waals surface area contributed by atoms with Gasteiger partial charge in [-0.25, -0.2) is 9.97 Å². The summed E-state index contributed by atoms with van der Waals surface area (Å²) in [6.45, 7) is 2.82. The zero-order valence-electron chi connectivity index (χ0n) is 13.5. The predicted molar refractivity (Wildman–Crippen MR) is 92.5 cm³/mol. The predicted octanol–water partition coefficient (Wildman–Crippen LogP) is 2.17. The van der Waals surface area contributed by atoms with Crippen LogP contribution in [0.2, 0.25) is 0 Å². The van der Waals surface area contributed by atoms with Crippen molar-refractivity contribution >= 4 is 11.6 Å². The normalized spacial score (nSPS) is 15.1. The Labute approximate surface area is 141 Å². The molecule has 1 aliphatic rings. The van der Waals surface area contributed by atoms with E-state index < -0.39 is 0 Å². The number of rotatable bonds is 5. The summed E-state index contributed by atoms with van der Waals surface area (Å²) < 4.78 is 0. The van der Waals surface area contributed by atoms with Gasteiger partial charge in [0.2, 0.25) is 0 Å². The largest absolute Gasteiger partial charge is 0.396 e. The molecule has 0 aliphatic carbocycles. The standard InChI is InChI=1S/C18H21N5O/c19-9-15-1-3-17(20-10-15)21-11-16-2-4-18(22-12-16)23-7-5-14(13-24)6-8-23/h1-4,10,12,14,24H,5-8,11,13H2,(H,20,21). The van der Waals surface area contributed by atoms with Crippen LogP contribution in [-0.4, -0.2) is 34.8 Å². The SMILES string of the molecule is N#Cc1ccc(NCc2ccc(N3CCC(CO)CC3)nc2)nc1. The minimum Gasteiger partial charge on any atom is -0.396 e. The molecule has 2 aromatic rings. The van der Waals surface area contributed by atoms with Crippen molar-refractivity contribution in [1.29, 1.82) is 5.26 Å². The maximum atomic E-state index is 9.20. The molecule has 0 bridgehead atoms. The average molecular weight is 323 g/mol. The Morgan fingerprint density at radius 1 is 1.17 bits per heavy atom. The molecular formula is C18H21N5O. The number of anilines is 2. The number of nitrogens with zero attached hydrogens (tertiary/aromatic N) is 4. The zero-order chi connectivity index (χ0) is 16.8. The second-order valence-electron chi connectivity index (χ2n) is 6.04. The van der Waals surface area contributed by atoms with Crippen LogP contribution in [0.3, 0.4) is 0 Å². The van der Waals surface area contributed by atoms with Crippen LogP contribution in [0, 0.1) is 17.2 Å².